The molecule has 2 rings (SSSR count). The molecular weight excluding hydrogens is 290 g/mol. The number of hydrogen-bond donors (Lipinski definition) is 1. The fourth-order valence-corrected chi connectivity index (χ4v) is 2.06. The van der Waals surface area contributed by atoms with E-state index in [0.717, 1.165) is 17.6 Å². The molecule has 0 atom stereocenters. The first-order valence-corrected chi connectivity index (χ1v) is 6.56. The molecule has 0 aliphatic heterocycles. The number of anilines is 1. The lowest BCUT2D eigenvalue weighted by Gasteiger charge is -2.16. The summed E-state index contributed by atoms with van der Waals surface area (Å²) in [7, 11) is 2.10. The minimum absolute atomic E-state index is 0.564. The van der Waals surface area contributed by atoms with Crippen LogP contribution in [-0.4, -0.2) is 16.9 Å². The van der Waals surface area contributed by atoms with E-state index in [-0.39, 0.29) is 0 Å². The monoisotopic (exact) mass is 305 g/mol. The number of nitrogen functional groups attached to an aromatic ring is 1. The minimum atomic E-state index is 0.564. The van der Waals surface area contributed by atoms with Crippen LogP contribution in [0.2, 0.25) is 0 Å². The minimum Gasteiger partial charge on any atom is -0.384 e. The first-order chi connectivity index (χ1) is 8.63. The summed E-state index contributed by atoms with van der Waals surface area (Å²) in [6, 6.07) is 12.2. The second-order valence-electron chi connectivity index (χ2n) is 4.39. The first kappa shape index (κ1) is 13.1. The van der Waals surface area contributed by atoms with Gasteiger partial charge in [-0.3, -0.25) is 4.90 Å². The largest absolute Gasteiger partial charge is 0.384 e. The van der Waals surface area contributed by atoms with Gasteiger partial charge in [0, 0.05) is 23.8 Å². The van der Waals surface area contributed by atoms with Crippen molar-refractivity contribution in [3.63, 3.8) is 0 Å². The summed E-state index contributed by atoms with van der Waals surface area (Å²) in [5.41, 5.74) is 8.03. The van der Waals surface area contributed by atoms with Gasteiger partial charge < -0.3 is 5.73 Å². The molecule has 18 heavy (non-hydrogen) atoms. The number of benzene rings is 1. The number of pyridine rings is 1. The zero-order valence-corrected chi connectivity index (χ0v) is 11.9. The Morgan fingerprint density at radius 2 is 1.67 bits per heavy atom. The van der Waals surface area contributed by atoms with Crippen molar-refractivity contribution in [3.8, 4) is 0 Å². The molecule has 0 unspecified atom stereocenters. The quantitative estimate of drug-likeness (QED) is 0.944. The van der Waals surface area contributed by atoms with Gasteiger partial charge in [0.25, 0.3) is 0 Å². The number of aromatic nitrogens is 1. The van der Waals surface area contributed by atoms with Gasteiger partial charge in [0.2, 0.25) is 0 Å². The molecule has 4 heteroatoms. The van der Waals surface area contributed by atoms with Crippen LogP contribution in [0.4, 0.5) is 5.82 Å². The van der Waals surface area contributed by atoms with Gasteiger partial charge in [0.1, 0.15) is 5.82 Å². The van der Waals surface area contributed by atoms with Crippen molar-refractivity contribution in [1.82, 2.24) is 9.88 Å². The molecule has 0 spiro atoms. The summed E-state index contributed by atoms with van der Waals surface area (Å²) in [6.45, 7) is 1.78. The highest BCUT2D eigenvalue weighted by Gasteiger charge is 2.02. The van der Waals surface area contributed by atoms with Crippen LogP contribution in [0.5, 0.6) is 0 Å². The molecule has 0 saturated carbocycles. The molecule has 94 valence electrons. The van der Waals surface area contributed by atoms with Gasteiger partial charge in [0.15, 0.2) is 0 Å². The van der Waals surface area contributed by atoms with Crippen LogP contribution in [-0.2, 0) is 13.1 Å². The number of rotatable bonds is 4. The zero-order chi connectivity index (χ0) is 13.0. The summed E-state index contributed by atoms with van der Waals surface area (Å²) in [5, 5.41) is 0. The van der Waals surface area contributed by atoms with Gasteiger partial charge in [-0.25, -0.2) is 4.98 Å². The lowest BCUT2D eigenvalue weighted by atomic mass is 10.2. The Morgan fingerprint density at radius 1 is 1.06 bits per heavy atom. The zero-order valence-electron chi connectivity index (χ0n) is 10.3. The summed E-state index contributed by atoms with van der Waals surface area (Å²) in [5.74, 6) is 0.564. The maximum atomic E-state index is 5.57. The van der Waals surface area contributed by atoms with E-state index in [0.29, 0.717) is 5.82 Å². The van der Waals surface area contributed by atoms with Gasteiger partial charge in [-0.1, -0.05) is 34.1 Å². The summed E-state index contributed by atoms with van der Waals surface area (Å²) in [6.07, 6.45) is 1.83. The highest BCUT2D eigenvalue weighted by molar-refractivity contribution is 9.10. The third-order valence-corrected chi connectivity index (χ3v) is 3.19. The van der Waals surface area contributed by atoms with Gasteiger partial charge in [-0.15, -0.1) is 0 Å². The van der Waals surface area contributed by atoms with Crippen LogP contribution in [0.25, 0.3) is 0 Å². The molecule has 0 bridgehead atoms. The van der Waals surface area contributed by atoms with E-state index >= 15 is 0 Å². The average Bonchev–Trinajstić information content (AvgIpc) is 2.35. The second-order valence-corrected chi connectivity index (χ2v) is 5.31. The van der Waals surface area contributed by atoms with E-state index in [2.05, 4.69) is 57.1 Å². The van der Waals surface area contributed by atoms with E-state index in [4.69, 9.17) is 5.73 Å². The second kappa shape index (κ2) is 5.98. The number of nitrogens with zero attached hydrogens (tertiary/aromatic N) is 2. The van der Waals surface area contributed by atoms with Crippen molar-refractivity contribution >= 4 is 21.7 Å². The molecule has 1 aromatic heterocycles. The van der Waals surface area contributed by atoms with Crippen molar-refractivity contribution in [1.29, 1.82) is 0 Å². The maximum absolute atomic E-state index is 5.57. The van der Waals surface area contributed by atoms with E-state index < -0.39 is 0 Å². The summed E-state index contributed by atoms with van der Waals surface area (Å²) < 4.78 is 1.11. The van der Waals surface area contributed by atoms with Crippen molar-refractivity contribution in [2.75, 3.05) is 12.8 Å². The number of nitrogens with two attached hydrogens (primary N) is 1. The Balaban J connectivity index is 1.94. The predicted molar refractivity (Wildman–Crippen MR) is 78.0 cm³/mol. The topological polar surface area (TPSA) is 42.1 Å². The molecule has 0 saturated heterocycles. The Bertz CT molecular complexity index is 446. The molecule has 0 fully saturated rings. The van der Waals surface area contributed by atoms with Crippen molar-refractivity contribution in [2.45, 2.75) is 13.1 Å². The molecule has 0 amide bonds. The van der Waals surface area contributed by atoms with Crippen LogP contribution in [0.15, 0.2) is 47.1 Å². The third kappa shape index (κ3) is 3.82. The van der Waals surface area contributed by atoms with E-state index in [1.165, 1.54) is 11.1 Å². The highest BCUT2D eigenvalue weighted by atomic mass is 79.9. The molecule has 0 aliphatic rings. The van der Waals surface area contributed by atoms with Crippen molar-refractivity contribution < 1.29 is 0 Å². The Kier molecular flexibility index (Phi) is 4.33. The number of hydrogen-bond acceptors (Lipinski definition) is 3. The fourth-order valence-electron chi connectivity index (χ4n) is 1.80. The molecule has 2 aromatic rings. The number of halogens is 1. The lowest BCUT2D eigenvalue weighted by Crippen LogP contribution is -2.17. The molecular formula is C14H16BrN3. The Morgan fingerprint density at radius 3 is 2.28 bits per heavy atom. The first-order valence-electron chi connectivity index (χ1n) is 5.77. The van der Waals surface area contributed by atoms with Gasteiger partial charge >= 0.3 is 0 Å². The standard InChI is InChI=1S/C14H16BrN3/c1-18(9-11-2-5-13(15)6-3-11)10-12-4-7-14(16)17-8-12/h2-8H,9-10H2,1H3,(H2,16,17). The Hall–Kier alpha value is -1.39. The molecule has 1 heterocycles. The molecule has 2 N–H and O–H groups in total. The van der Waals surface area contributed by atoms with E-state index in [9.17, 15) is 0 Å². The predicted octanol–water partition coefficient (Wildman–Crippen LogP) is 3.06. The van der Waals surface area contributed by atoms with Crippen LogP contribution in [0.1, 0.15) is 11.1 Å². The van der Waals surface area contributed by atoms with Crippen LogP contribution < -0.4 is 5.73 Å². The third-order valence-electron chi connectivity index (χ3n) is 2.67. The Labute approximate surface area is 116 Å². The normalized spacial score (nSPS) is 10.8. The fraction of sp³-hybridized carbons (Fsp3) is 0.214. The summed E-state index contributed by atoms with van der Waals surface area (Å²) in [4.78, 5) is 6.34. The van der Waals surface area contributed by atoms with Gasteiger partial charge in [-0.05, 0) is 36.4 Å². The van der Waals surface area contributed by atoms with Gasteiger partial charge in [0.05, 0.1) is 0 Å². The van der Waals surface area contributed by atoms with Crippen LogP contribution in [0, 0.1) is 0 Å². The smallest absolute Gasteiger partial charge is 0.123 e. The van der Waals surface area contributed by atoms with E-state index in [1.54, 1.807) is 0 Å². The molecule has 1 aromatic carbocycles. The van der Waals surface area contributed by atoms with Crippen LogP contribution >= 0.6 is 15.9 Å². The van der Waals surface area contributed by atoms with Gasteiger partial charge in [-0.2, -0.15) is 0 Å². The average molecular weight is 306 g/mol. The van der Waals surface area contributed by atoms with Crippen LogP contribution in [0.3, 0.4) is 0 Å². The highest BCUT2D eigenvalue weighted by Crippen LogP contribution is 2.13. The SMILES string of the molecule is CN(Cc1ccc(Br)cc1)Cc1ccc(N)nc1. The summed E-state index contributed by atoms with van der Waals surface area (Å²) >= 11 is 3.44. The molecule has 0 radical (unpaired) electrons. The molecule has 0 aliphatic carbocycles. The maximum Gasteiger partial charge on any atom is 0.123 e. The van der Waals surface area contributed by atoms with Crippen molar-refractivity contribution in [3.05, 3.63) is 58.2 Å². The lowest BCUT2D eigenvalue weighted by molar-refractivity contribution is 0.319. The molecule has 3 nitrogen and oxygen atoms in total. The van der Waals surface area contributed by atoms with E-state index in [1.807, 2.05) is 18.3 Å². The van der Waals surface area contributed by atoms with Crippen molar-refractivity contribution in [2.24, 2.45) is 0 Å².